The summed E-state index contributed by atoms with van der Waals surface area (Å²) in [6.07, 6.45) is 3.36. The van der Waals surface area contributed by atoms with E-state index in [1.165, 1.54) is 6.42 Å². The minimum Gasteiger partial charge on any atom is -0.494 e. The highest BCUT2D eigenvalue weighted by Gasteiger charge is 2.42. The van der Waals surface area contributed by atoms with Crippen LogP contribution in [0, 0.1) is 0 Å². The van der Waals surface area contributed by atoms with Gasteiger partial charge in [0.05, 0.1) is 24.2 Å². The summed E-state index contributed by atoms with van der Waals surface area (Å²) in [5.41, 5.74) is 1.26. The molecule has 0 radical (unpaired) electrons. The van der Waals surface area contributed by atoms with Crippen LogP contribution in [0.5, 0.6) is 5.75 Å². The second-order valence-corrected chi connectivity index (χ2v) is 9.84. The van der Waals surface area contributed by atoms with Gasteiger partial charge in [0.25, 0.3) is 5.91 Å². The van der Waals surface area contributed by atoms with Gasteiger partial charge in [-0.1, -0.05) is 6.42 Å². The Bertz CT molecular complexity index is 963. The molecule has 2 fully saturated rings. The van der Waals surface area contributed by atoms with E-state index in [0.29, 0.717) is 12.3 Å². The number of nitrogens with one attached hydrogen (secondary N) is 2. The Kier molecular flexibility index (Phi) is 5.33. The molecule has 0 saturated carbocycles. The van der Waals surface area contributed by atoms with Crippen LogP contribution < -0.4 is 10.1 Å². The minimum absolute atomic E-state index is 0.00855. The maximum atomic E-state index is 12.8. The Labute approximate surface area is 165 Å². The van der Waals surface area contributed by atoms with Crippen molar-refractivity contribution in [2.75, 3.05) is 31.2 Å². The third-order valence-corrected chi connectivity index (χ3v) is 7.36. The summed E-state index contributed by atoms with van der Waals surface area (Å²) in [6, 6.07) is 6.93. The third-order valence-electron chi connectivity index (χ3n) is 5.65. The van der Waals surface area contributed by atoms with E-state index in [1.807, 2.05) is 25.1 Å². The van der Waals surface area contributed by atoms with Gasteiger partial charge in [-0.2, -0.15) is 0 Å². The highest BCUT2D eigenvalue weighted by Crippen LogP contribution is 2.24. The number of H-pyrrole nitrogens is 1. The van der Waals surface area contributed by atoms with Crippen molar-refractivity contribution in [3.05, 3.63) is 30.0 Å². The van der Waals surface area contributed by atoms with E-state index >= 15 is 0 Å². The largest absolute Gasteiger partial charge is 0.494 e. The van der Waals surface area contributed by atoms with Crippen molar-refractivity contribution >= 4 is 26.6 Å². The third kappa shape index (κ3) is 4.03. The molecule has 2 N–H and O–H groups in total. The first-order valence-corrected chi connectivity index (χ1v) is 11.8. The molecule has 0 aliphatic carbocycles. The van der Waals surface area contributed by atoms with E-state index < -0.39 is 9.84 Å². The van der Waals surface area contributed by atoms with Gasteiger partial charge in [0.1, 0.15) is 11.4 Å². The number of aromatic nitrogens is 1. The highest BCUT2D eigenvalue weighted by molar-refractivity contribution is 7.91. The van der Waals surface area contributed by atoms with E-state index in [0.717, 1.165) is 42.6 Å². The number of sulfone groups is 1. The number of nitrogens with zero attached hydrogens (tertiary/aromatic N) is 1. The van der Waals surface area contributed by atoms with Crippen LogP contribution in [-0.2, 0) is 9.84 Å². The zero-order chi connectivity index (χ0) is 19.7. The molecule has 0 bridgehead atoms. The molecule has 152 valence electrons. The van der Waals surface area contributed by atoms with Crippen LogP contribution >= 0.6 is 0 Å². The van der Waals surface area contributed by atoms with Gasteiger partial charge in [-0.05, 0) is 51.1 Å². The zero-order valence-electron chi connectivity index (χ0n) is 16.1. The molecule has 4 rings (SSSR count). The number of fused-ring (bicyclic) bond motifs is 1. The summed E-state index contributed by atoms with van der Waals surface area (Å²) < 4.78 is 30.0. The van der Waals surface area contributed by atoms with Gasteiger partial charge in [0.15, 0.2) is 9.84 Å². The quantitative estimate of drug-likeness (QED) is 0.793. The molecule has 28 heavy (non-hydrogen) atoms. The summed E-state index contributed by atoms with van der Waals surface area (Å²) in [7, 11) is -3.14. The van der Waals surface area contributed by atoms with Crippen molar-refractivity contribution in [2.24, 2.45) is 0 Å². The Balaban J connectivity index is 1.52. The Morgan fingerprint density at radius 2 is 2.00 bits per heavy atom. The summed E-state index contributed by atoms with van der Waals surface area (Å²) in [5, 5.41) is 3.89. The average Bonchev–Trinajstić information content (AvgIpc) is 3.22. The number of benzene rings is 1. The number of piperidine rings is 1. The molecule has 8 heteroatoms. The van der Waals surface area contributed by atoms with E-state index in [-0.39, 0.29) is 29.5 Å². The highest BCUT2D eigenvalue weighted by atomic mass is 32.2. The number of hydrogen-bond donors (Lipinski definition) is 2. The number of carbonyl (C=O) groups is 1. The molecule has 1 amide bonds. The molecule has 0 spiro atoms. The maximum Gasteiger partial charge on any atom is 0.268 e. The number of aromatic amines is 1. The topological polar surface area (TPSA) is 91.5 Å². The Morgan fingerprint density at radius 1 is 1.21 bits per heavy atom. The summed E-state index contributed by atoms with van der Waals surface area (Å²) in [5.74, 6) is 0.617. The molecule has 2 aliphatic heterocycles. The number of hydrogen-bond acceptors (Lipinski definition) is 5. The molecule has 2 aliphatic rings. The van der Waals surface area contributed by atoms with Gasteiger partial charge >= 0.3 is 0 Å². The maximum absolute atomic E-state index is 12.8. The van der Waals surface area contributed by atoms with Gasteiger partial charge in [0.2, 0.25) is 0 Å². The van der Waals surface area contributed by atoms with Crippen LogP contribution in [0.4, 0.5) is 0 Å². The van der Waals surface area contributed by atoms with E-state index in [9.17, 15) is 13.2 Å². The lowest BCUT2D eigenvalue weighted by Crippen LogP contribution is -2.52. The van der Waals surface area contributed by atoms with Crippen LogP contribution in [-0.4, -0.2) is 67.5 Å². The zero-order valence-corrected chi connectivity index (χ0v) is 16.9. The van der Waals surface area contributed by atoms with Crippen molar-refractivity contribution < 1.29 is 17.9 Å². The fourth-order valence-corrected chi connectivity index (χ4v) is 6.26. The van der Waals surface area contributed by atoms with Gasteiger partial charge in [-0.15, -0.1) is 0 Å². The van der Waals surface area contributed by atoms with Crippen molar-refractivity contribution in [3.8, 4) is 5.75 Å². The number of carbonyl (C=O) groups excluding carboxylic acids is 1. The van der Waals surface area contributed by atoms with Crippen LogP contribution in [0.1, 0.15) is 36.7 Å². The number of likely N-dealkylation sites (tertiary alicyclic amines) is 1. The van der Waals surface area contributed by atoms with Crippen LogP contribution in [0.3, 0.4) is 0 Å². The van der Waals surface area contributed by atoms with Gasteiger partial charge < -0.3 is 15.0 Å². The first-order valence-electron chi connectivity index (χ1n) is 9.96. The molecule has 2 saturated heterocycles. The van der Waals surface area contributed by atoms with Crippen molar-refractivity contribution in [2.45, 2.75) is 38.3 Å². The molecule has 1 aromatic heterocycles. The Morgan fingerprint density at radius 3 is 2.75 bits per heavy atom. The minimum atomic E-state index is -3.14. The van der Waals surface area contributed by atoms with Gasteiger partial charge in [0, 0.05) is 23.0 Å². The SMILES string of the molecule is CCOc1ccc2cc(C(=O)NC3CS(=O)(=O)CC3N3CCCCC3)[nH]c2c1. The number of amides is 1. The molecule has 2 atom stereocenters. The van der Waals surface area contributed by atoms with Crippen molar-refractivity contribution in [1.29, 1.82) is 0 Å². The van der Waals surface area contributed by atoms with Crippen LogP contribution in [0.2, 0.25) is 0 Å². The second-order valence-electron chi connectivity index (χ2n) is 7.69. The molecule has 1 aromatic carbocycles. The fourth-order valence-electron chi connectivity index (χ4n) is 4.31. The van der Waals surface area contributed by atoms with E-state index in [1.54, 1.807) is 6.07 Å². The lowest BCUT2D eigenvalue weighted by atomic mass is 10.0. The molecule has 2 unspecified atom stereocenters. The molecule has 3 heterocycles. The fraction of sp³-hybridized carbons (Fsp3) is 0.550. The predicted molar refractivity (Wildman–Crippen MR) is 109 cm³/mol. The van der Waals surface area contributed by atoms with Gasteiger partial charge in [-0.3, -0.25) is 9.69 Å². The number of ether oxygens (including phenoxy) is 1. The standard InChI is InChI=1S/C20H27N3O4S/c1-2-27-15-7-6-14-10-17(21-16(14)11-15)20(24)22-18-12-28(25,26)13-19(18)23-8-4-3-5-9-23/h6-7,10-11,18-19,21H,2-5,8-9,12-13H2,1H3,(H,22,24). The predicted octanol–water partition coefficient (Wildman–Crippen LogP) is 1.95. The van der Waals surface area contributed by atoms with Gasteiger partial charge in [-0.25, -0.2) is 8.42 Å². The monoisotopic (exact) mass is 405 g/mol. The lowest BCUT2D eigenvalue weighted by molar-refractivity contribution is 0.0896. The molecule has 2 aromatic rings. The number of rotatable bonds is 5. The first-order chi connectivity index (χ1) is 13.4. The first kappa shape index (κ1) is 19.3. The van der Waals surface area contributed by atoms with Crippen LogP contribution in [0.15, 0.2) is 24.3 Å². The van der Waals surface area contributed by atoms with Crippen molar-refractivity contribution in [3.63, 3.8) is 0 Å². The molecular weight excluding hydrogens is 378 g/mol. The summed E-state index contributed by atoms with van der Waals surface area (Å²) in [6.45, 7) is 4.30. The molecular formula is C20H27N3O4S. The van der Waals surface area contributed by atoms with Crippen molar-refractivity contribution in [1.82, 2.24) is 15.2 Å². The van der Waals surface area contributed by atoms with Crippen LogP contribution in [0.25, 0.3) is 10.9 Å². The second kappa shape index (κ2) is 7.75. The smallest absolute Gasteiger partial charge is 0.268 e. The Hall–Kier alpha value is -2.06. The van der Waals surface area contributed by atoms with E-state index in [4.69, 9.17) is 4.74 Å². The average molecular weight is 406 g/mol. The van der Waals surface area contributed by atoms with E-state index in [2.05, 4.69) is 15.2 Å². The normalized spacial score (nSPS) is 25.0. The lowest BCUT2D eigenvalue weighted by Gasteiger charge is -2.34. The summed E-state index contributed by atoms with van der Waals surface area (Å²) >= 11 is 0. The summed E-state index contributed by atoms with van der Waals surface area (Å²) in [4.78, 5) is 18.2. The molecule has 7 nitrogen and oxygen atoms in total.